The van der Waals surface area contributed by atoms with E-state index in [4.69, 9.17) is 23.8 Å². The number of carbonyl (C=O) groups is 2. The number of anilines is 1. The lowest BCUT2D eigenvalue weighted by atomic mass is 10.0. The molecule has 0 radical (unpaired) electrons. The van der Waals surface area contributed by atoms with Crippen LogP contribution in [-0.2, 0) is 9.59 Å². The standard InChI is InChI=1S/C33H20BrClFN3O2S/c34-23-11-13-24(14-12-23)38-29(20-7-3-1-4-8-20)18-22(30(38)21-9-5-2-6-10-21)17-26-31(40)37-33(42)39(32(26)41)25-15-16-28(36)27(35)19-25/h1-19H,(H,37,40,42)/b26-17-. The van der Waals surface area contributed by atoms with Crippen LogP contribution in [0.25, 0.3) is 34.3 Å². The van der Waals surface area contributed by atoms with Crippen molar-refractivity contribution in [1.82, 2.24) is 9.88 Å². The lowest BCUT2D eigenvalue weighted by Gasteiger charge is -2.29. The van der Waals surface area contributed by atoms with Gasteiger partial charge in [-0.25, -0.2) is 4.39 Å². The van der Waals surface area contributed by atoms with Crippen molar-refractivity contribution in [2.75, 3.05) is 4.90 Å². The first-order valence-corrected chi connectivity index (χ1v) is 14.4. The van der Waals surface area contributed by atoms with Crippen LogP contribution in [0.1, 0.15) is 5.56 Å². The average Bonchev–Trinajstić information content (AvgIpc) is 3.37. The molecular weight excluding hydrogens is 637 g/mol. The number of nitrogens with zero attached hydrogens (tertiary/aromatic N) is 2. The molecule has 5 aromatic rings. The lowest BCUT2D eigenvalue weighted by Crippen LogP contribution is -2.54. The van der Waals surface area contributed by atoms with Crippen LogP contribution in [0.3, 0.4) is 0 Å². The highest BCUT2D eigenvalue weighted by Gasteiger charge is 2.35. The third-order valence-corrected chi connectivity index (χ3v) is 7.90. The van der Waals surface area contributed by atoms with Crippen LogP contribution >= 0.6 is 39.7 Å². The van der Waals surface area contributed by atoms with E-state index in [1.165, 1.54) is 12.1 Å². The SMILES string of the molecule is O=C1NC(=S)N(c2ccc(F)c(Cl)c2)C(=O)/C1=C\c1cc(-c2ccccc2)n(-c2ccc(Br)cc2)c1-c1ccccc1. The summed E-state index contributed by atoms with van der Waals surface area (Å²) in [6, 6.07) is 33.3. The van der Waals surface area contributed by atoms with Gasteiger partial charge >= 0.3 is 0 Å². The normalized spacial score (nSPS) is 14.4. The summed E-state index contributed by atoms with van der Waals surface area (Å²) in [4.78, 5) is 28.2. The van der Waals surface area contributed by atoms with Gasteiger partial charge < -0.3 is 4.57 Å². The Morgan fingerprint density at radius 3 is 2.07 bits per heavy atom. The van der Waals surface area contributed by atoms with Crippen LogP contribution in [0.2, 0.25) is 5.02 Å². The molecule has 0 unspecified atom stereocenters. The first-order valence-electron chi connectivity index (χ1n) is 12.8. The smallest absolute Gasteiger partial charge is 0.270 e. The Kier molecular flexibility index (Phi) is 7.60. The molecule has 0 aliphatic carbocycles. The quantitative estimate of drug-likeness (QED) is 0.118. The first-order chi connectivity index (χ1) is 20.3. The van der Waals surface area contributed by atoms with Crippen molar-refractivity contribution < 1.29 is 14.0 Å². The van der Waals surface area contributed by atoms with E-state index >= 15 is 0 Å². The number of thiocarbonyl (C=S) groups is 1. The molecule has 6 rings (SSSR count). The van der Waals surface area contributed by atoms with Crippen LogP contribution in [-0.4, -0.2) is 21.5 Å². The highest BCUT2D eigenvalue weighted by molar-refractivity contribution is 9.10. The summed E-state index contributed by atoms with van der Waals surface area (Å²) in [7, 11) is 0. The van der Waals surface area contributed by atoms with Gasteiger partial charge in [0.1, 0.15) is 11.4 Å². The molecule has 1 aliphatic rings. The maximum atomic E-state index is 13.9. The Hall–Kier alpha value is -4.37. The second kappa shape index (κ2) is 11.5. The van der Waals surface area contributed by atoms with Gasteiger partial charge in [0.15, 0.2) is 5.11 Å². The molecule has 1 aromatic heterocycles. The highest BCUT2D eigenvalue weighted by Crippen LogP contribution is 2.38. The van der Waals surface area contributed by atoms with Crippen LogP contribution in [0.5, 0.6) is 0 Å². The number of amides is 2. The van der Waals surface area contributed by atoms with E-state index in [1.807, 2.05) is 91.0 Å². The number of hydrogen-bond donors (Lipinski definition) is 1. The van der Waals surface area contributed by atoms with Crippen molar-refractivity contribution in [2.24, 2.45) is 0 Å². The third-order valence-electron chi connectivity index (χ3n) is 6.79. The topological polar surface area (TPSA) is 54.3 Å². The molecule has 1 aliphatic heterocycles. The number of nitrogens with one attached hydrogen (secondary N) is 1. The summed E-state index contributed by atoms with van der Waals surface area (Å²) in [6.45, 7) is 0. The summed E-state index contributed by atoms with van der Waals surface area (Å²) in [5.41, 5.74) is 5.13. The fourth-order valence-corrected chi connectivity index (χ4v) is 5.60. The third kappa shape index (κ3) is 5.20. The van der Waals surface area contributed by atoms with E-state index in [-0.39, 0.29) is 21.4 Å². The molecule has 1 saturated heterocycles. The molecule has 0 atom stereocenters. The number of hydrogen-bond acceptors (Lipinski definition) is 3. The molecular formula is C33H20BrClFN3O2S. The van der Waals surface area contributed by atoms with Crippen molar-refractivity contribution in [3.8, 4) is 28.2 Å². The van der Waals surface area contributed by atoms with Crippen molar-refractivity contribution in [3.63, 3.8) is 0 Å². The Labute approximate surface area is 260 Å². The molecule has 9 heteroatoms. The predicted octanol–water partition coefficient (Wildman–Crippen LogP) is 8.20. The van der Waals surface area contributed by atoms with Gasteiger partial charge in [-0.1, -0.05) is 88.2 Å². The summed E-state index contributed by atoms with van der Waals surface area (Å²) in [5, 5.41) is 2.30. The maximum Gasteiger partial charge on any atom is 0.270 e. The van der Waals surface area contributed by atoms with E-state index in [2.05, 4.69) is 25.8 Å². The van der Waals surface area contributed by atoms with E-state index in [1.54, 1.807) is 6.08 Å². The molecule has 42 heavy (non-hydrogen) atoms. The summed E-state index contributed by atoms with van der Waals surface area (Å²) in [5.74, 6) is -1.92. The number of benzene rings is 4. The maximum absolute atomic E-state index is 13.9. The number of rotatable bonds is 5. The summed E-state index contributed by atoms with van der Waals surface area (Å²) < 4.78 is 16.9. The van der Waals surface area contributed by atoms with Crippen LogP contribution < -0.4 is 10.2 Å². The zero-order valence-corrected chi connectivity index (χ0v) is 24.9. The van der Waals surface area contributed by atoms with E-state index in [9.17, 15) is 14.0 Å². The lowest BCUT2D eigenvalue weighted by molar-refractivity contribution is -0.122. The van der Waals surface area contributed by atoms with Crippen molar-refractivity contribution in [3.05, 3.63) is 136 Å². The van der Waals surface area contributed by atoms with E-state index in [0.29, 0.717) is 5.56 Å². The Morgan fingerprint density at radius 1 is 0.810 bits per heavy atom. The van der Waals surface area contributed by atoms with Gasteiger partial charge in [-0.2, -0.15) is 0 Å². The van der Waals surface area contributed by atoms with Crippen LogP contribution in [0, 0.1) is 5.82 Å². The van der Waals surface area contributed by atoms with E-state index < -0.39 is 17.6 Å². The summed E-state index contributed by atoms with van der Waals surface area (Å²) >= 11 is 14.8. The van der Waals surface area contributed by atoms with Gasteiger partial charge in [0, 0.05) is 15.7 Å². The number of halogens is 3. The van der Waals surface area contributed by atoms with Crippen LogP contribution in [0.15, 0.2) is 119 Å². The second-order valence-corrected chi connectivity index (χ2v) is 11.1. The van der Waals surface area contributed by atoms with Crippen molar-refractivity contribution in [2.45, 2.75) is 0 Å². The number of carbonyl (C=O) groups excluding carboxylic acids is 2. The minimum atomic E-state index is -0.650. The fraction of sp³-hybridized carbons (Fsp3) is 0. The molecule has 0 saturated carbocycles. The van der Waals surface area contributed by atoms with Gasteiger partial charge in [0.2, 0.25) is 0 Å². The molecule has 5 nitrogen and oxygen atoms in total. The van der Waals surface area contributed by atoms with Crippen LogP contribution in [0.4, 0.5) is 10.1 Å². The molecule has 206 valence electrons. The number of aromatic nitrogens is 1. The molecule has 0 spiro atoms. The monoisotopic (exact) mass is 655 g/mol. The molecule has 1 fully saturated rings. The molecule has 0 bridgehead atoms. The first kappa shape index (κ1) is 27.8. The van der Waals surface area contributed by atoms with E-state index in [0.717, 1.165) is 43.6 Å². The van der Waals surface area contributed by atoms with Gasteiger partial charge in [-0.05, 0) is 78.0 Å². The van der Waals surface area contributed by atoms with Gasteiger partial charge in [0.25, 0.3) is 11.8 Å². The fourth-order valence-electron chi connectivity index (χ4n) is 4.88. The Bertz CT molecular complexity index is 1890. The van der Waals surface area contributed by atoms with Crippen molar-refractivity contribution >= 4 is 68.4 Å². The van der Waals surface area contributed by atoms with Gasteiger partial charge in [0.05, 0.1) is 22.1 Å². The predicted molar refractivity (Wildman–Crippen MR) is 172 cm³/mol. The Balaban J connectivity index is 1.59. The zero-order valence-electron chi connectivity index (χ0n) is 21.7. The molecule has 2 heterocycles. The largest absolute Gasteiger partial charge is 0.309 e. The summed E-state index contributed by atoms with van der Waals surface area (Å²) in [6.07, 6.45) is 1.57. The molecule has 1 N–H and O–H groups in total. The minimum Gasteiger partial charge on any atom is -0.309 e. The average molecular weight is 657 g/mol. The minimum absolute atomic E-state index is 0.120. The Morgan fingerprint density at radius 2 is 1.43 bits per heavy atom. The van der Waals surface area contributed by atoms with Crippen molar-refractivity contribution in [1.29, 1.82) is 0 Å². The second-order valence-electron chi connectivity index (χ2n) is 9.43. The molecule has 4 aromatic carbocycles. The molecule has 2 amide bonds. The zero-order chi connectivity index (χ0) is 29.4. The van der Waals surface area contributed by atoms with Gasteiger partial charge in [-0.3, -0.25) is 19.8 Å². The highest BCUT2D eigenvalue weighted by atomic mass is 79.9. The van der Waals surface area contributed by atoms with Gasteiger partial charge in [-0.15, -0.1) is 0 Å².